The average molecular weight is 317 g/mol. The summed E-state index contributed by atoms with van der Waals surface area (Å²) < 4.78 is 5.76. The first kappa shape index (κ1) is 15.8. The van der Waals surface area contributed by atoms with E-state index in [0.29, 0.717) is 13.2 Å². The van der Waals surface area contributed by atoms with Crippen molar-refractivity contribution in [1.82, 2.24) is 10.6 Å². The van der Waals surface area contributed by atoms with Crippen LogP contribution in [0.2, 0.25) is 4.34 Å². The maximum absolute atomic E-state index is 12.0. The highest BCUT2D eigenvalue weighted by atomic mass is 35.5. The first-order valence-electron chi connectivity index (χ1n) is 6.92. The zero-order valence-corrected chi connectivity index (χ0v) is 13.4. The molecule has 0 spiro atoms. The number of thiophene rings is 1. The minimum atomic E-state index is -0.221. The molecule has 1 aromatic rings. The Morgan fingerprint density at radius 1 is 1.65 bits per heavy atom. The molecule has 1 amide bonds. The van der Waals surface area contributed by atoms with Crippen LogP contribution in [0.1, 0.15) is 36.2 Å². The highest BCUT2D eigenvalue weighted by molar-refractivity contribution is 7.16. The highest BCUT2D eigenvalue weighted by Gasteiger charge is 2.25. The molecular weight excluding hydrogens is 296 g/mol. The molecule has 112 valence electrons. The van der Waals surface area contributed by atoms with E-state index in [2.05, 4.69) is 10.6 Å². The van der Waals surface area contributed by atoms with Gasteiger partial charge in [-0.1, -0.05) is 11.6 Å². The summed E-state index contributed by atoms with van der Waals surface area (Å²) in [6.07, 6.45) is 3.29. The Balaban J connectivity index is 1.91. The van der Waals surface area contributed by atoms with Crippen molar-refractivity contribution in [1.29, 1.82) is 0 Å². The Hall–Kier alpha value is -0.620. The number of aryl methyl sites for hydroxylation is 1. The summed E-state index contributed by atoms with van der Waals surface area (Å²) in [4.78, 5) is 13.3. The van der Waals surface area contributed by atoms with Crippen LogP contribution in [0.4, 0.5) is 0 Å². The van der Waals surface area contributed by atoms with Crippen molar-refractivity contribution in [2.75, 3.05) is 20.3 Å². The second-order valence-electron chi connectivity index (χ2n) is 5.05. The molecule has 0 fully saturated rings. The molecule has 2 atom stereocenters. The summed E-state index contributed by atoms with van der Waals surface area (Å²) in [5.41, 5.74) is 1.27. The molecule has 0 saturated heterocycles. The van der Waals surface area contributed by atoms with Gasteiger partial charge in [-0.25, -0.2) is 0 Å². The van der Waals surface area contributed by atoms with Crippen LogP contribution in [-0.4, -0.2) is 32.2 Å². The minimum Gasteiger partial charge on any atom is -0.383 e. The second-order valence-corrected chi connectivity index (χ2v) is 6.81. The van der Waals surface area contributed by atoms with Crippen LogP contribution in [0.5, 0.6) is 0 Å². The number of fused-ring (bicyclic) bond motifs is 1. The number of amides is 1. The van der Waals surface area contributed by atoms with Gasteiger partial charge in [0.05, 0.1) is 17.0 Å². The summed E-state index contributed by atoms with van der Waals surface area (Å²) in [5.74, 6) is 0.00972. The molecule has 2 N–H and O–H groups in total. The fourth-order valence-corrected chi connectivity index (χ4v) is 3.88. The Morgan fingerprint density at radius 3 is 3.20 bits per heavy atom. The standard InChI is InChI=1S/C14H21ClN2O2S/c1-9(14(18)16-6-7-19-2)17-11-4-3-5-12-10(11)8-13(15)20-12/h8-9,11,17H,3-7H2,1-2H3,(H,16,18). The molecule has 1 aliphatic rings. The van der Waals surface area contributed by atoms with Crippen LogP contribution in [0.25, 0.3) is 0 Å². The van der Waals surface area contributed by atoms with Gasteiger partial charge in [0.1, 0.15) is 0 Å². The van der Waals surface area contributed by atoms with E-state index in [1.54, 1.807) is 18.4 Å². The number of nitrogens with one attached hydrogen (secondary N) is 2. The van der Waals surface area contributed by atoms with Gasteiger partial charge in [-0.2, -0.15) is 0 Å². The van der Waals surface area contributed by atoms with Gasteiger partial charge in [-0.05, 0) is 37.8 Å². The minimum absolute atomic E-state index is 0.00972. The molecular formula is C14H21ClN2O2S. The fraction of sp³-hybridized carbons (Fsp3) is 0.643. The highest BCUT2D eigenvalue weighted by Crippen LogP contribution is 2.37. The van der Waals surface area contributed by atoms with Gasteiger partial charge in [0.25, 0.3) is 0 Å². The van der Waals surface area contributed by atoms with E-state index in [9.17, 15) is 4.79 Å². The lowest BCUT2D eigenvalue weighted by Gasteiger charge is -2.26. The van der Waals surface area contributed by atoms with Gasteiger partial charge in [0.15, 0.2) is 0 Å². The van der Waals surface area contributed by atoms with E-state index < -0.39 is 0 Å². The summed E-state index contributed by atoms with van der Waals surface area (Å²) in [6, 6.07) is 2.04. The Bertz CT molecular complexity index is 464. The number of hydrogen-bond acceptors (Lipinski definition) is 4. The van der Waals surface area contributed by atoms with E-state index in [1.165, 1.54) is 10.4 Å². The number of hydrogen-bond donors (Lipinski definition) is 2. The van der Waals surface area contributed by atoms with Crippen LogP contribution in [0.15, 0.2) is 6.07 Å². The van der Waals surface area contributed by atoms with Crippen molar-refractivity contribution in [3.8, 4) is 0 Å². The van der Waals surface area contributed by atoms with Gasteiger partial charge in [0, 0.05) is 24.6 Å². The lowest BCUT2D eigenvalue weighted by molar-refractivity contribution is -0.123. The Morgan fingerprint density at radius 2 is 2.45 bits per heavy atom. The third-order valence-corrected chi connectivity index (χ3v) is 4.87. The zero-order valence-electron chi connectivity index (χ0n) is 11.9. The number of carbonyl (C=O) groups is 1. The number of ether oxygens (including phenoxy) is 1. The van der Waals surface area contributed by atoms with Gasteiger partial charge in [-0.3, -0.25) is 10.1 Å². The zero-order chi connectivity index (χ0) is 14.5. The Labute approximate surface area is 128 Å². The first-order valence-corrected chi connectivity index (χ1v) is 8.12. The summed E-state index contributed by atoms with van der Waals surface area (Å²) in [7, 11) is 1.62. The van der Waals surface area contributed by atoms with Crippen LogP contribution >= 0.6 is 22.9 Å². The van der Waals surface area contributed by atoms with Crippen LogP contribution in [-0.2, 0) is 16.0 Å². The molecule has 2 rings (SSSR count). The quantitative estimate of drug-likeness (QED) is 0.793. The number of halogens is 1. The van der Waals surface area contributed by atoms with Crippen LogP contribution in [0, 0.1) is 0 Å². The smallest absolute Gasteiger partial charge is 0.236 e. The average Bonchev–Trinajstić information content (AvgIpc) is 2.80. The molecule has 4 nitrogen and oxygen atoms in total. The molecule has 0 aromatic carbocycles. The van der Waals surface area contributed by atoms with E-state index >= 15 is 0 Å². The topological polar surface area (TPSA) is 50.4 Å². The molecule has 0 radical (unpaired) electrons. The van der Waals surface area contributed by atoms with Crippen LogP contribution in [0.3, 0.4) is 0 Å². The first-order chi connectivity index (χ1) is 9.61. The lowest BCUT2D eigenvalue weighted by Crippen LogP contribution is -2.45. The van der Waals surface area contributed by atoms with Crippen LogP contribution < -0.4 is 10.6 Å². The molecule has 1 aliphatic carbocycles. The molecule has 20 heavy (non-hydrogen) atoms. The summed E-state index contributed by atoms with van der Waals surface area (Å²) >= 11 is 7.75. The van der Waals surface area contributed by atoms with Crippen molar-refractivity contribution in [2.24, 2.45) is 0 Å². The summed E-state index contributed by atoms with van der Waals surface area (Å²) in [5, 5.41) is 6.26. The largest absolute Gasteiger partial charge is 0.383 e. The van der Waals surface area contributed by atoms with Gasteiger partial charge < -0.3 is 10.1 Å². The summed E-state index contributed by atoms with van der Waals surface area (Å²) in [6.45, 7) is 2.97. The third-order valence-electron chi connectivity index (χ3n) is 3.53. The number of carbonyl (C=O) groups excluding carboxylic acids is 1. The van der Waals surface area contributed by atoms with E-state index in [4.69, 9.17) is 16.3 Å². The molecule has 2 unspecified atom stereocenters. The normalized spacial score (nSPS) is 19.4. The maximum Gasteiger partial charge on any atom is 0.236 e. The molecule has 1 heterocycles. The molecule has 0 bridgehead atoms. The van der Waals surface area contributed by atoms with Crippen molar-refractivity contribution in [3.05, 3.63) is 20.8 Å². The third kappa shape index (κ3) is 3.95. The molecule has 6 heteroatoms. The molecule has 1 aromatic heterocycles. The van der Waals surface area contributed by atoms with Gasteiger partial charge >= 0.3 is 0 Å². The van der Waals surface area contributed by atoms with Crippen molar-refractivity contribution in [2.45, 2.75) is 38.3 Å². The number of methoxy groups -OCH3 is 1. The Kier molecular flexibility index (Phi) is 5.84. The lowest BCUT2D eigenvalue weighted by atomic mass is 9.93. The van der Waals surface area contributed by atoms with Crippen molar-refractivity contribution in [3.63, 3.8) is 0 Å². The van der Waals surface area contributed by atoms with E-state index in [1.807, 2.05) is 13.0 Å². The number of rotatable bonds is 6. The van der Waals surface area contributed by atoms with Crippen molar-refractivity contribution >= 4 is 28.8 Å². The van der Waals surface area contributed by atoms with E-state index in [0.717, 1.165) is 23.6 Å². The maximum atomic E-state index is 12.0. The predicted molar refractivity (Wildman–Crippen MR) is 82.5 cm³/mol. The van der Waals surface area contributed by atoms with E-state index in [-0.39, 0.29) is 18.0 Å². The predicted octanol–water partition coefficient (Wildman–Crippen LogP) is 2.52. The van der Waals surface area contributed by atoms with Gasteiger partial charge in [-0.15, -0.1) is 11.3 Å². The SMILES string of the molecule is COCCNC(=O)C(C)NC1CCCc2sc(Cl)cc21. The van der Waals surface area contributed by atoms with Crippen molar-refractivity contribution < 1.29 is 9.53 Å². The second kappa shape index (κ2) is 7.41. The van der Waals surface area contributed by atoms with Gasteiger partial charge in [0.2, 0.25) is 5.91 Å². The monoisotopic (exact) mass is 316 g/mol. The molecule has 0 saturated carbocycles. The molecule has 0 aliphatic heterocycles. The fourth-order valence-electron chi connectivity index (χ4n) is 2.50.